The summed E-state index contributed by atoms with van der Waals surface area (Å²) in [6.45, 7) is 0. The van der Waals surface area contributed by atoms with E-state index in [2.05, 4.69) is 11.1 Å². The lowest BCUT2D eigenvalue weighted by Crippen LogP contribution is -1.87. The molecule has 1 aromatic heterocycles. The van der Waals surface area contributed by atoms with Gasteiger partial charge in [-0.3, -0.25) is 0 Å². The molecular weight excluding hydrogens is 144 g/mol. The molecule has 1 heterocycles. The number of aromatic nitrogens is 1. The van der Waals surface area contributed by atoms with Gasteiger partial charge in [0.25, 0.3) is 0 Å². The second-order valence-electron chi connectivity index (χ2n) is 1.87. The van der Waals surface area contributed by atoms with Crippen LogP contribution in [0.5, 0.6) is 0 Å². The monoisotopic (exact) mass is 152 g/mol. The zero-order valence-corrected chi connectivity index (χ0v) is 6.48. The Bertz CT molecular complexity index is 222. The van der Waals surface area contributed by atoms with Gasteiger partial charge in [0, 0.05) is 11.9 Å². The lowest BCUT2D eigenvalue weighted by molar-refractivity contribution is 1.13. The lowest BCUT2D eigenvalue weighted by atomic mass is 10.3. The summed E-state index contributed by atoms with van der Waals surface area (Å²) >= 11 is 1.54. The van der Waals surface area contributed by atoms with E-state index in [-0.39, 0.29) is 5.25 Å². The minimum Gasteiger partial charge on any atom is -0.363 e. The molecule has 1 unspecified atom stereocenters. The number of thioether (sulfide) groups is 1. The second kappa shape index (κ2) is 3.33. The largest absolute Gasteiger partial charge is 0.363 e. The molecule has 1 rings (SSSR count). The van der Waals surface area contributed by atoms with Crippen LogP contribution in [-0.4, -0.2) is 11.2 Å². The zero-order chi connectivity index (χ0) is 7.40. The van der Waals surface area contributed by atoms with Crippen LogP contribution in [0.2, 0.25) is 0 Å². The number of nitrogens with one attached hydrogen (secondary N) is 1. The van der Waals surface area contributed by atoms with E-state index in [9.17, 15) is 0 Å². The van der Waals surface area contributed by atoms with Crippen LogP contribution in [0.4, 0.5) is 0 Å². The minimum atomic E-state index is -0.0463. The maximum absolute atomic E-state index is 8.61. The van der Waals surface area contributed by atoms with Gasteiger partial charge in [-0.2, -0.15) is 5.26 Å². The topological polar surface area (TPSA) is 39.6 Å². The predicted octanol–water partition coefficient (Wildman–Crippen LogP) is 1.94. The molecule has 0 aromatic carbocycles. The smallest absolute Gasteiger partial charge is 0.131 e. The van der Waals surface area contributed by atoms with Gasteiger partial charge in [-0.05, 0) is 18.4 Å². The van der Waals surface area contributed by atoms with Crippen LogP contribution in [0, 0.1) is 11.3 Å². The van der Waals surface area contributed by atoms with Crippen molar-refractivity contribution in [2.75, 3.05) is 6.26 Å². The first-order valence-corrected chi connectivity index (χ1v) is 4.23. The van der Waals surface area contributed by atoms with Crippen molar-refractivity contribution in [1.29, 1.82) is 5.26 Å². The summed E-state index contributed by atoms with van der Waals surface area (Å²) in [5.41, 5.74) is 0.981. The van der Waals surface area contributed by atoms with Crippen LogP contribution in [0.25, 0.3) is 0 Å². The summed E-state index contributed by atoms with van der Waals surface area (Å²) in [6.07, 6.45) is 3.75. The standard InChI is InChI=1S/C7H8N2S/c1-10-7(5-8)6-3-2-4-9-6/h2-4,7,9H,1H3. The van der Waals surface area contributed by atoms with E-state index < -0.39 is 0 Å². The van der Waals surface area contributed by atoms with Gasteiger partial charge < -0.3 is 4.98 Å². The fourth-order valence-electron chi connectivity index (χ4n) is 0.757. The third kappa shape index (κ3) is 1.34. The van der Waals surface area contributed by atoms with Crippen molar-refractivity contribution in [3.63, 3.8) is 0 Å². The fourth-order valence-corrected chi connectivity index (χ4v) is 1.26. The van der Waals surface area contributed by atoms with Crippen molar-refractivity contribution in [3.05, 3.63) is 24.0 Å². The van der Waals surface area contributed by atoms with Gasteiger partial charge in [0.1, 0.15) is 5.25 Å². The highest BCUT2D eigenvalue weighted by molar-refractivity contribution is 7.99. The van der Waals surface area contributed by atoms with Gasteiger partial charge in [-0.15, -0.1) is 11.8 Å². The molecule has 1 aromatic rings. The number of hydrogen-bond donors (Lipinski definition) is 1. The van der Waals surface area contributed by atoms with Gasteiger partial charge in [-0.1, -0.05) is 0 Å². The fraction of sp³-hybridized carbons (Fsp3) is 0.286. The maximum atomic E-state index is 8.61. The first kappa shape index (κ1) is 7.23. The molecule has 10 heavy (non-hydrogen) atoms. The summed E-state index contributed by atoms with van der Waals surface area (Å²) in [4.78, 5) is 3.00. The normalized spacial score (nSPS) is 12.4. The molecule has 1 N–H and O–H groups in total. The number of nitriles is 1. The molecule has 2 nitrogen and oxygen atoms in total. The highest BCUT2D eigenvalue weighted by Crippen LogP contribution is 2.23. The van der Waals surface area contributed by atoms with Crippen molar-refractivity contribution < 1.29 is 0 Å². The van der Waals surface area contributed by atoms with E-state index in [0.29, 0.717) is 0 Å². The summed E-state index contributed by atoms with van der Waals surface area (Å²) in [5, 5.41) is 8.56. The molecule has 0 fully saturated rings. The summed E-state index contributed by atoms with van der Waals surface area (Å²) in [6, 6.07) is 6.01. The number of hydrogen-bond acceptors (Lipinski definition) is 2. The Hall–Kier alpha value is -0.880. The maximum Gasteiger partial charge on any atom is 0.131 e. The first-order valence-electron chi connectivity index (χ1n) is 2.94. The predicted molar refractivity (Wildman–Crippen MR) is 42.7 cm³/mol. The van der Waals surface area contributed by atoms with Gasteiger partial charge in [0.05, 0.1) is 6.07 Å². The van der Waals surface area contributed by atoms with Crippen molar-refractivity contribution in [2.24, 2.45) is 0 Å². The molecule has 0 bridgehead atoms. The molecule has 0 aliphatic rings. The Morgan fingerprint density at radius 2 is 2.60 bits per heavy atom. The van der Waals surface area contributed by atoms with E-state index in [1.54, 1.807) is 0 Å². The number of H-pyrrole nitrogens is 1. The van der Waals surface area contributed by atoms with Crippen LogP contribution in [-0.2, 0) is 0 Å². The third-order valence-electron chi connectivity index (χ3n) is 1.26. The molecule has 0 spiro atoms. The van der Waals surface area contributed by atoms with E-state index in [1.165, 1.54) is 11.8 Å². The molecule has 0 radical (unpaired) electrons. The molecule has 1 atom stereocenters. The van der Waals surface area contributed by atoms with E-state index in [4.69, 9.17) is 5.26 Å². The van der Waals surface area contributed by atoms with Gasteiger partial charge in [0.2, 0.25) is 0 Å². The highest BCUT2D eigenvalue weighted by atomic mass is 32.2. The molecule has 0 saturated heterocycles. The van der Waals surface area contributed by atoms with E-state index in [1.807, 2.05) is 24.6 Å². The molecule has 0 amide bonds. The molecule has 0 aliphatic carbocycles. The van der Waals surface area contributed by atoms with E-state index >= 15 is 0 Å². The Labute approximate surface area is 64.3 Å². The van der Waals surface area contributed by atoms with E-state index in [0.717, 1.165) is 5.69 Å². The molecule has 0 aliphatic heterocycles. The van der Waals surface area contributed by atoms with Crippen LogP contribution in [0.1, 0.15) is 10.9 Å². The summed E-state index contributed by atoms with van der Waals surface area (Å²) < 4.78 is 0. The third-order valence-corrected chi connectivity index (χ3v) is 2.09. The quantitative estimate of drug-likeness (QED) is 0.703. The Kier molecular flexibility index (Phi) is 2.41. The molecular formula is C7H8N2S. The highest BCUT2D eigenvalue weighted by Gasteiger charge is 2.07. The SMILES string of the molecule is CSC(C#N)c1ccc[nH]1. The number of rotatable bonds is 2. The van der Waals surface area contributed by atoms with Gasteiger partial charge in [-0.25, -0.2) is 0 Å². The van der Waals surface area contributed by atoms with Gasteiger partial charge in [0.15, 0.2) is 0 Å². The summed E-state index contributed by atoms with van der Waals surface area (Å²) in [7, 11) is 0. The molecule has 3 heteroatoms. The first-order chi connectivity index (χ1) is 4.88. The van der Waals surface area contributed by atoms with Crippen LogP contribution in [0.15, 0.2) is 18.3 Å². The number of nitrogens with zero attached hydrogens (tertiary/aromatic N) is 1. The average Bonchev–Trinajstić information content (AvgIpc) is 2.43. The molecule has 0 saturated carbocycles. The zero-order valence-electron chi connectivity index (χ0n) is 5.66. The van der Waals surface area contributed by atoms with Crippen molar-refractivity contribution in [3.8, 4) is 6.07 Å². The second-order valence-corrected chi connectivity index (χ2v) is 2.81. The average molecular weight is 152 g/mol. The van der Waals surface area contributed by atoms with Crippen molar-refractivity contribution >= 4 is 11.8 Å². The van der Waals surface area contributed by atoms with Crippen LogP contribution >= 0.6 is 11.8 Å². The summed E-state index contributed by atoms with van der Waals surface area (Å²) in [5.74, 6) is 0. The van der Waals surface area contributed by atoms with Crippen molar-refractivity contribution in [1.82, 2.24) is 4.98 Å². The number of aromatic amines is 1. The van der Waals surface area contributed by atoms with Crippen molar-refractivity contribution in [2.45, 2.75) is 5.25 Å². The van der Waals surface area contributed by atoms with Gasteiger partial charge >= 0.3 is 0 Å². The Balaban J connectivity index is 2.76. The lowest BCUT2D eigenvalue weighted by Gasteiger charge is -1.99. The van der Waals surface area contributed by atoms with Crippen LogP contribution in [0.3, 0.4) is 0 Å². The Morgan fingerprint density at radius 1 is 1.80 bits per heavy atom. The minimum absolute atomic E-state index is 0.0463. The Morgan fingerprint density at radius 3 is 3.00 bits per heavy atom. The molecule has 52 valence electrons. The van der Waals surface area contributed by atoms with Crippen LogP contribution < -0.4 is 0 Å².